The molecule has 1 aromatic carbocycles. The SMILES string of the molecule is CC1(C)C[C@H](N)c2cccc(O)c2O1. The molecular weight excluding hydrogens is 178 g/mol. The Balaban J connectivity index is 2.51. The van der Waals surface area contributed by atoms with E-state index in [2.05, 4.69) is 0 Å². The van der Waals surface area contributed by atoms with Gasteiger partial charge < -0.3 is 15.6 Å². The molecule has 0 amide bonds. The zero-order chi connectivity index (χ0) is 10.3. The number of rotatable bonds is 0. The van der Waals surface area contributed by atoms with Gasteiger partial charge in [0.1, 0.15) is 5.60 Å². The van der Waals surface area contributed by atoms with Crippen molar-refractivity contribution in [2.45, 2.75) is 31.9 Å². The van der Waals surface area contributed by atoms with Crippen molar-refractivity contribution in [1.29, 1.82) is 0 Å². The largest absolute Gasteiger partial charge is 0.504 e. The van der Waals surface area contributed by atoms with E-state index in [-0.39, 0.29) is 17.4 Å². The van der Waals surface area contributed by atoms with E-state index >= 15 is 0 Å². The number of fused-ring (bicyclic) bond motifs is 1. The average molecular weight is 193 g/mol. The quantitative estimate of drug-likeness (QED) is 0.662. The minimum Gasteiger partial charge on any atom is -0.504 e. The molecule has 1 heterocycles. The molecule has 3 heteroatoms. The number of aromatic hydroxyl groups is 1. The van der Waals surface area contributed by atoms with Gasteiger partial charge in [0.25, 0.3) is 0 Å². The Kier molecular flexibility index (Phi) is 1.93. The molecular formula is C11H15NO2. The van der Waals surface area contributed by atoms with Crippen molar-refractivity contribution < 1.29 is 9.84 Å². The van der Waals surface area contributed by atoms with E-state index in [0.29, 0.717) is 5.75 Å². The summed E-state index contributed by atoms with van der Waals surface area (Å²) in [6, 6.07) is 5.25. The average Bonchev–Trinajstić information content (AvgIpc) is 2.05. The van der Waals surface area contributed by atoms with Gasteiger partial charge in [-0.15, -0.1) is 0 Å². The number of phenols is 1. The van der Waals surface area contributed by atoms with Crippen molar-refractivity contribution in [3.63, 3.8) is 0 Å². The molecule has 2 rings (SSSR count). The molecule has 0 saturated heterocycles. The monoisotopic (exact) mass is 193 g/mol. The Morgan fingerprint density at radius 1 is 1.50 bits per heavy atom. The number of hydrogen-bond acceptors (Lipinski definition) is 3. The van der Waals surface area contributed by atoms with Gasteiger partial charge in [-0.2, -0.15) is 0 Å². The Morgan fingerprint density at radius 3 is 2.93 bits per heavy atom. The third kappa shape index (κ3) is 1.44. The van der Waals surface area contributed by atoms with Crippen LogP contribution in [0.1, 0.15) is 31.9 Å². The van der Waals surface area contributed by atoms with Gasteiger partial charge in [0.15, 0.2) is 11.5 Å². The highest BCUT2D eigenvalue weighted by molar-refractivity contribution is 5.48. The molecule has 76 valence electrons. The number of ether oxygens (including phenoxy) is 1. The topological polar surface area (TPSA) is 55.5 Å². The van der Waals surface area contributed by atoms with Crippen LogP contribution in [0.25, 0.3) is 0 Å². The maximum atomic E-state index is 9.63. The van der Waals surface area contributed by atoms with E-state index in [4.69, 9.17) is 10.5 Å². The first kappa shape index (κ1) is 9.34. The molecule has 0 spiro atoms. The lowest BCUT2D eigenvalue weighted by Gasteiger charge is -2.36. The van der Waals surface area contributed by atoms with Crippen LogP contribution >= 0.6 is 0 Å². The van der Waals surface area contributed by atoms with Gasteiger partial charge >= 0.3 is 0 Å². The van der Waals surface area contributed by atoms with Crippen LogP contribution in [0.4, 0.5) is 0 Å². The van der Waals surface area contributed by atoms with Crippen LogP contribution < -0.4 is 10.5 Å². The normalized spacial score (nSPS) is 23.8. The van der Waals surface area contributed by atoms with E-state index in [0.717, 1.165) is 12.0 Å². The minimum atomic E-state index is -0.300. The van der Waals surface area contributed by atoms with Crippen LogP contribution in [-0.2, 0) is 0 Å². The van der Waals surface area contributed by atoms with Gasteiger partial charge in [0.05, 0.1) is 0 Å². The summed E-state index contributed by atoms with van der Waals surface area (Å²) in [6.07, 6.45) is 0.767. The van der Waals surface area contributed by atoms with Crippen LogP contribution in [0.3, 0.4) is 0 Å². The Hall–Kier alpha value is -1.22. The standard InChI is InChI=1S/C11H15NO2/c1-11(2)6-8(12)7-4-3-5-9(13)10(7)14-11/h3-5,8,13H,6,12H2,1-2H3/t8-/m0/s1. The third-order valence-electron chi connectivity index (χ3n) is 2.51. The van der Waals surface area contributed by atoms with Gasteiger partial charge in [-0.05, 0) is 19.9 Å². The molecule has 0 saturated carbocycles. The van der Waals surface area contributed by atoms with Crippen LogP contribution in [0.15, 0.2) is 18.2 Å². The van der Waals surface area contributed by atoms with Gasteiger partial charge in [0.2, 0.25) is 0 Å². The summed E-state index contributed by atoms with van der Waals surface area (Å²) in [7, 11) is 0. The maximum absolute atomic E-state index is 9.63. The second-order valence-electron chi connectivity index (χ2n) is 4.37. The summed E-state index contributed by atoms with van der Waals surface area (Å²) in [5.41, 5.74) is 6.59. The van der Waals surface area contributed by atoms with Crippen molar-refractivity contribution in [2.75, 3.05) is 0 Å². The number of nitrogens with two attached hydrogens (primary N) is 1. The van der Waals surface area contributed by atoms with E-state index in [1.807, 2.05) is 19.9 Å². The highest BCUT2D eigenvalue weighted by atomic mass is 16.5. The molecule has 0 aromatic heterocycles. The Morgan fingerprint density at radius 2 is 2.21 bits per heavy atom. The van der Waals surface area contributed by atoms with Crippen LogP contribution in [0.5, 0.6) is 11.5 Å². The van der Waals surface area contributed by atoms with Crippen LogP contribution in [0, 0.1) is 0 Å². The second kappa shape index (κ2) is 2.89. The predicted octanol–water partition coefficient (Wildman–Crippen LogP) is 1.95. The number of hydrogen-bond donors (Lipinski definition) is 2. The number of para-hydroxylation sites is 1. The van der Waals surface area contributed by atoms with Crippen molar-refractivity contribution in [3.8, 4) is 11.5 Å². The molecule has 14 heavy (non-hydrogen) atoms. The Labute approximate surface area is 83.5 Å². The van der Waals surface area contributed by atoms with Gasteiger partial charge in [-0.3, -0.25) is 0 Å². The molecule has 0 fully saturated rings. The summed E-state index contributed by atoms with van der Waals surface area (Å²) in [6.45, 7) is 3.95. The first-order valence-electron chi connectivity index (χ1n) is 4.76. The minimum absolute atomic E-state index is 0.0548. The number of phenolic OH excluding ortho intramolecular Hbond substituents is 1. The van der Waals surface area contributed by atoms with E-state index in [1.165, 1.54) is 0 Å². The van der Waals surface area contributed by atoms with Gasteiger partial charge in [0, 0.05) is 18.0 Å². The molecule has 0 radical (unpaired) electrons. The first-order valence-corrected chi connectivity index (χ1v) is 4.76. The fourth-order valence-corrected chi connectivity index (χ4v) is 1.90. The molecule has 1 atom stereocenters. The maximum Gasteiger partial charge on any atom is 0.166 e. The highest BCUT2D eigenvalue weighted by Gasteiger charge is 2.33. The fraction of sp³-hybridized carbons (Fsp3) is 0.455. The smallest absolute Gasteiger partial charge is 0.166 e. The molecule has 3 N–H and O–H groups in total. The van der Waals surface area contributed by atoms with Gasteiger partial charge in [-0.1, -0.05) is 12.1 Å². The van der Waals surface area contributed by atoms with E-state index in [1.54, 1.807) is 12.1 Å². The lowest BCUT2D eigenvalue weighted by molar-refractivity contribution is 0.0690. The first-order chi connectivity index (χ1) is 6.49. The Bertz CT molecular complexity index is 360. The zero-order valence-corrected chi connectivity index (χ0v) is 8.45. The molecule has 0 aliphatic carbocycles. The summed E-state index contributed by atoms with van der Waals surface area (Å²) < 4.78 is 5.69. The van der Waals surface area contributed by atoms with Crippen LogP contribution in [-0.4, -0.2) is 10.7 Å². The molecule has 3 nitrogen and oxygen atoms in total. The van der Waals surface area contributed by atoms with Gasteiger partial charge in [-0.25, -0.2) is 0 Å². The molecule has 1 aliphatic heterocycles. The van der Waals surface area contributed by atoms with Crippen molar-refractivity contribution >= 4 is 0 Å². The second-order valence-corrected chi connectivity index (χ2v) is 4.37. The zero-order valence-electron chi connectivity index (χ0n) is 8.45. The van der Waals surface area contributed by atoms with Crippen molar-refractivity contribution in [2.24, 2.45) is 5.73 Å². The van der Waals surface area contributed by atoms with E-state index < -0.39 is 0 Å². The van der Waals surface area contributed by atoms with Crippen LogP contribution in [0.2, 0.25) is 0 Å². The van der Waals surface area contributed by atoms with Crippen molar-refractivity contribution in [1.82, 2.24) is 0 Å². The summed E-state index contributed by atoms with van der Waals surface area (Å²) >= 11 is 0. The number of benzene rings is 1. The van der Waals surface area contributed by atoms with Crippen molar-refractivity contribution in [3.05, 3.63) is 23.8 Å². The molecule has 0 unspecified atom stereocenters. The summed E-state index contributed by atoms with van der Waals surface area (Å²) in [5, 5.41) is 9.63. The predicted molar refractivity (Wildman–Crippen MR) is 54.4 cm³/mol. The summed E-state index contributed by atoms with van der Waals surface area (Å²) in [4.78, 5) is 0. The highest BCUT2D eigenvalue weighted by Crippen LogP contribution is 2.42. The summed E-state index contributed by atoms with van der Waals surface area (Å²) in [5.74, 6) is 0.710. The molecule has 0 bridgehead atoms. The molecule has 1 aliphatic rings. The van der Waals surface area contributed by atoms with E-state index in [9.17, 15) is 5.11 Å². The lowest BCUT2D eigenvalue weighted by Crippen LogP contribution is -2.37. The lowest BCUT2D eigenvalue weighted by atomic mass is 9.90. The fourth-order valence-electron chi connectivity index (χ4n) is 1.90. The third-order valence-corrected chi connectivity index (χ3v) is 2.51. The molecule has 1 aromatic rings.